The summed E-state index contributed by atoms with van der Waals surface area (Å²) in [6.07, 6.45) is -0.166. The molecule has 0 fully saturated rings. The Hall–Kier alpha value is -3.29. The molecule has 30 heavy (non-hydrogen) atoms. The predicted molar refractivity (Wildman–Crippen MR) is 109 cm³/mol. The molecule has 0 heterocycles. The minimum atomic E-state index is -1.35. The van der Waals surface area contributed by atoms with E-state index in [1.807, 2.05) is 0 Å². The SMILES string of the molecule is O=C(O)c1cc2ccccc2c(Cc2c([O-])c(C(=O)O)cc3ccccc23)c1[O-].[Mg+2]. The van der Waals surface area contributed by atoms with Crippen molar-refractivity contribution in [2.45, 2.75) is 6.42 Å². The molecule has 0 aliphatic carbocycles. The third-order valence-electron chi connectivity index (χ3n) is 5.02. The molecule has 4 aromatic rings. The van der Waals surface area contributed by atoms with Crippen LogP contribution in [0.5, 0.6) is 11.5 Å². The standard InChI is InChI=1S/C23H16O6.Mg/c24-20-16(14-7-3-1-5-12(14)9-18(20)22(26)27)11-17-15-8-4-2-6-13(15)10-19(21(17)25)23(28)29;/h1-10,24-25H,11H2,(H,26,27)(H,28,29);/q;+2/p-2. The van der Waals surface area contributed by atoms with Gasteiger partial charge in [-0.15, -0.1) is 0 Å². The summed E-state index contributed by atoms with van der Waals surface area (Å²) in [5.74, 6) is -4.07. The Labute approximate surface area is 187 Å². The number of hydrogen-bond donors (Lipinski definition) is 2. The Kier molecular flexibility index (Phi) is 5.86. The molecule has 0 spiro atoms. The van der Waals surface area contributed by atoms with Crippen LogP contribution in [0.3, 0.4) is 0 Å². The summed E-state index contributed by atoms with van der Waals surface area (Å²) < 4.78 is 0. The third kappa shape index (κ3) is 3.53. The number of fused-ring (bicyclic) bond motifs is 2. The van der Waals surface area contributed by atoms with Crippen molar-refractivity contribution >= 4 is 56.5 Å². The van der Waals surface area contributed by atoms with E-state index >= 15 is 0 Å². The Morgan fingerprint density at radius 1 is 0.700 bits per heavy atom. The number of rotatable bonds is 4. The van der Waals surface area contributed by atoms with Gasteiger partial charge >= 0.3 is 35.0 Å². The van der Waals surface area contributed by atoms with Gasteiger partial charge in [0.2, 0.25) is 0 Å². The normalized spacial score (nSPS) is 10.7. The van der Waals surface area contributed by atoms with Crippen molar-refractivity contribution in [2.75, 3.05) is 0 Å². The van der Waals surface area contributed by atoms with E-state index in [2.05, 4.69) is 0 Å². The molecule has 0 bridgehead atoms. The van der Waals surface area contributed by atoms with Crippen LogP contribution in [0.2, 0.25) is 0 Å². The van der Waals surface area contributed by atoms with E-state index in [0.717, 1.165) is 0 Å². The molecule has 0 aliphatic rings. The second kappa shape index (κ2) is 8.21. The summed E-state index contributed by atoms with van der Waals surface area (Å²) in [7, 11) is 0. The van der Waals surface area contributed by atoms with Crippen molar-refractivity contribution in [1.29, 1.82) is 0 Å². The molecule has 0 aliphatic heterocycles. The Balaban J connectivity index is 0.00000256. The van der Waals surface area contributed by atoms with Gasteiger partial charge in [0, 0.05) is 0 Å². The molecule has 6 nitrogen and oxygen atoms in total. The first-order chi connectivity index (χ1) is 13.9. The molecule has 0 saturated heterocycles. The molecular formula is C23H14MgO6. The predicted octanol–water partition coefficient (Wildman–Crippen LogP) is 2.75. The van der Waals surface area contributed by atoms with E-state index in [9.17, 15) is 30.0 Å². The second-order valence-electron chi connectivity index (χ2n) is 6.69. The maximum Gasteiger partial charge on any atom is 2.00 e. The summed E-state index contributed by atoms with van der Waals surface area (Å²) >= 11 is 0. The first kappa shape index (κ1) is 21.4. The monoisotopic (exact) mass is 410 g/mol. The van der Waals surface area contributed by atoms with Gasteiger partial charge in [0.1, 0.15) is 0 Å². The molecule has 4 rings (SSSR count). The van der Waals surface area contributed by atoms with Crippen LogP contribution in [-0.4, -0.2) is 45.2 Å². The number of aromatic carboxylic acids is 2. The molecule has 7 heteroatoms. The number of hydrogen-bond acceptors (Lipinski definition) is 4. The van der Waals surface area contributed by atoms with Crippen molar-refractivity contribution < 1.29 is 30.0 Å². The van der Waals surface area contributed by atoms with Gasteiger partial charge in [-0.2, -0.15) is 0 Å². The largest absolute Gasteiger partial charge is 2.00 e. The second-order valence-corrected chi connectivity index (χ2v) is 6.69. The van der Waals surface area contributed by atoms with Crippen molar-refractivity contribution in [3.8, 4) is 11.5 Å². The van der Waals surface area contributed by atoms with Crippen molar-refractivity contribution in [2.24, 2.45) is 0 Å². The first-order valence-electron chi connectivity index (χ1n) is 8.78. The Bertz CT molecular complexity index is 1210. The van der Waals surface area contributed by atoms with Gasteiger partial charge in [0.25, 0.3) is 0 Å². The molecule has 0 radical (unpaired) electrons. The molecule has 0 unspecified atom stereocenters. The van der Waals surface area contributed by atoms with Gasteiger partial charge in [0.05, 0.1) is 11.1 Å². The average molecular weight is 411 g/mol. The van der Waals surface area contributed by atoms with E-state index < -0.39 is 23.4 Å². The average Bonchev–Trinajstić information content (AvgIpc) is 2.70. The van der Waals surface area contributed by atoms with Crippen LogP contribution in [0.15, 0.2) is 60.7 Å². The maximum atomic E-state index is 12.9. The van der Waals surface area contributed by atoms with E-state index in [1.165, 1.54) is 12.1 Å². The summed E-state index contributed by atoms with van der Waals surface area (Å²) in [6, 6.07) is 16.3. The van der Waals surface area contributed by atoms with Crippen LogP contribution in [0.1, 0.15) is 31.8 Å². The van der Waals surface area contributed by atoms with Crippen LogP contribution in [0, 0.1) is 0 Å². The molecular weight excluding hydrogens is 397 g/mol. The molecule has 2 N–H and O–H groups in total. The van der Waals surface area contributed by atoms with Crippen molar-refractivity contribution in [1.82, 2.24) is 0 Å². The number of carboxylic acid groups (broad SMARTS) is 2. The molecule has 144 valence electrons. The smallest absolute Gasteiger partial charge is 0.872 e. The molecule has 0 saturated carbocycles. The fourth-order valence-corrected chi connectivity index (χ4v) is 3.65. The zero-order valence-corrected chi connectivity index (χ0v) is 17.1. The van der Waals surface area contributed by atoms with Gasteiger partial charge < -0.3 is 20.4 Å². The maximum absolute atomic E-state index is 12.9. The van der Waals surface area contributed by atoms with Crippen molar-refractivity contribution in [3.63, 3.8) is 0 Å². The quantitative estimate of drug-likeness (QED) is 0.499. The summed E-state index contributed by atoms with van der Waals surface area (Å²) in [5, 5.41) is 46.8. The molecule has 4 aromatic carbocycles. The van der Waals surface area contributed by atoms with Crippen LogP contribution in [0.25, 0.3) is 21.5 Å². The van der Waals surface area contributed by atoms with E-state index in [-0.39, 0.29) is 51.7 Å². The van der Waals surface area contributed by atoms with Crippen LogP contribution in [0.4, 0.5) is 0 Å². The fraction of sp³-hybridized carbons (Fsp3) is 0.0435. The summed E-state index contributed by atoms with van der Waals surface area (Å²) in [5.41, 5.74) is -0.453. The third-order valence-corrected chi connectivity index (χ3v) is 5.02. The fourth-order valence-electron chi connectivity index (χ4n) is 3.65. The number of carboxylic acids is 2. The molecule has 0 amide bonds. The first-order valence-corrected chi connectivity index (χ1v) is 8.78. The topological polar surface area (TPSA) is 121 Å². The zero-order valence-electron chi connectivity index (χ0n) is 15.7. The van der Waals surface area contributed by atoms with Gasteiger partial charge in [-0.1, -0.05) is 60.0 Å². The molecule has 0 aromatic heterocycles. The van der Waals surface area contributed by atoms with Crippen LogP contribution < -0.4 is 10.2 Å². The van der Waals surface area contributed by atoms with Gasteiger partial charge in [-0.3, -0.25) is 0 Å². The van der Waals surface area contributed by atoms with E-state index in [4.69, 9.17) is 0 Å². The van der Waals surface area contributed by atoms with E-state index in [0.29, 0.717) is 21.5 Å². The number of benzene rings is 4. The zero-order chi connectivity index (χ0) is 20.7. The summed E-state index contributed by atoms with van der Waals surface area (Å²) in [4.78, 5) is 23.1. The Morgan fingerprint density at radius 2 is 1.07 bits per heavy atom. The van der Waals surface area contributed by atoms with Crippen LogP contribution >= 0.6 is 0 Å². The number of carbonyl (C=O) groups is 2. The van der Waals surface area contributed by atoms with Gasteiger partial charge in [0.15, 0.2) is 0 Å². The summed E-state index contributed by atoms with van der Waals surface area (Å²) in [6.45, 7) is 0. The Morgan fingerprint density at radius 3 is 1.43 bits per heavy atom. The minimum absolute atomic E-state index is 0. The van der Waals surface area contributed by atoms with E-state index in [1.54, 1.807) is 48.5 Å². The minimum Gasteiger partial charge on any atom is -0.872 e. The van der Waals surface area contributed by atoms with Crippen molar-refractivity contribution in [3.05, 3.63) is 82.9 Å². The van der Waals surface area contributed by atoms with Gasteiger partial charge in [-0.05, 0) is 51.2 Å². The van der Waals surface area contributed by atoms with Crippen LogP contribution in [-0.2, 0) is 6.42 Å². The van der Waals surface area contributed by atoms with Gasteiger partial charge in [-0.25, -0.2) is 9.59 Å². The molecule has 0 atom stereocenters.